The van der Waals surface area contributed by atoms with Gasteiger partial charge in [-0.15, -0.1) is 0 Å². The van der Waals surface area contributed by atoms with Gasteiger partial charge in [0, 0.05) is 24.8 Å². The van der Waals surface area contributed by atoms with Crippen molar-refractivity contribution >= 4 is 29.0 Å². The van der Waals surface area contributed by atoms with E-state index in [1.807, 2.05) is 10.3 Å². The van der Waals surface area contributed by atoms with Crippen LogP contribution in [0.5, 0.6) is 5.75 Å². The first-order valence-electron chi connectivity index (χ1n) is 9.53. The van der Waals surface area contributed by atoms with Crippen molar-refractivity contribution in [3.8, 4) is 5.75 Å². The van der Waals surface area contributed by atoms with Crippen molar-refractivity contribution in [1.29, 1.82) is 0 Å². The quantitative estimate of drug-likeness (QED) is 0.485. The molecule has 0 radical (unpaired) electrons. The highest BCUT2D eigenvalue weighted by Crippen LogP contribution is 2.39. The van der Waals surface area contributed by atoms with E-state index in [2.05, 4.69) is 10.4 Å². The molecule has 2 heterocycles. The number of alkyl halides is 3. The van der Waals surface area contributed by atoms with Crippen molar-refractivity contribution < 1.29 is 27.1 Å². The van der Waals surface area contributed by atoms with Crippen LogP contribution >= 0.6 is 11.6 Å². The number of hydrazine groups is 1. The third-order valence-corrected chi connectivity index (χ3v) is 5.40. The first-order chi connectivity index (χ1) is 14.7. The summed E-state index contributed by atoms with van der Waals surface area (Å²) in [4.78, 5) is 17.3. The number of piperidine rings is 1. The van der Waals surface area contributed by atoms with Crippen LogP contribution in [0.1, 0.15) is 30.7 Å². The summed E-state index contributed by atoms with van der Waals surface area (Å²) in [5.41, 5.74) is 5.45. The van der Waals surface area contributed by atoms with Crippen LogP contribution in [0.2, 0.25) is 5.02 Å². The minimum Gasteiger partial charge on any atom is -0.496 e. The SMILES string of the molecule is COc1cccc(F)c1C1CCN(c2ccnc(NNC(=O)CC(F)(F)F)c2Cl)CC1. The van der Waals surface area contributed by atoms with E-state index in [0.717, 1.165) is 0 Å². The number of methoxy groups -OCH3 is 1. The monoisotopic (exact) mass is 460 g/mol. The zero-order chi connectivity index (χ0) is 22.6. The number of carbonyl (C=O) groups excluding carboxylic acids is 1. The molecule has 31 heavy (non-hydrogen) atoms. The van der Waals surface area contributed by atoms with E-state index in [9.17, 15) is 22.4 Å². The zero-order valence-corrected chi connectivity index (χ0v) is 17.4. The third-order valence-electron chi connectivity index (χ3n) is 5.03. The Hall–Kier alpha value is -2.75. The average molecular weight is 461 g/mol. The maximum Gasteiger partial charge on any atom is 0.397 e. The number of rotatable bonds is 6. The molecule has 1 aromatic heterocycles. The van der Waals surface area contributed by atoms with Gasteiger partial charge in [-0.2, -0.15) is 13.2 Å². The number of hydrogen-bond donors (Lipinski definition) is 2. The summed E-state index contributed by atoms with van der Waals surface area (Å²) >= 11 is 6.36. The van der Waals surface area contributed by atoms with E-state index in [1.165, 1.54) is 19.4 Å². The van der Waals surface area contributed by atoms with Gasteiger partial charge in [-0.05, 0) is 37.0 Å². The highest BCUT2D eigenvalue weighted by Gasteiger charge is 2.31. The normalized spacial score (nSPS) is 15.0. The largest absolute Gasteiger partial charge is 0.496 e. The second kappa shape index (κ2) is 9.59. The number of ether oxygens (including phenoxy) is 1. The Kier molecular flexibility index (Phi) is 7.09. The fourth-order valence-electron chi connectivity index (χ4n) is 3.62. The van der Waals surface area contributed by atoms with Crippen molar-refractivity contribution in [3.63, 3.8) is 0 Å². The Balaban J connectivity index is 1.66. The standard InChI is InChI=1S/C20H21ClF4N4O2/c1-31-15-4-2-3-13(22)17(15)12-6-9-29(10-7-12)14-5-8-26-19(18(14)21)28-27-16(30)11-20(23,24)25/h2-5,8,12H,6-7,9-11H2,1H3,(H,26,28)(H,27,30). The number of nitrogens with one attached hydrogen (secondary N) is 2. The molecule has 0 spiro atoms. The van der Waals surface area contributed by atoms with E-state index >= 15 is 0 Å². The first kappa shape index (κ1) is 22.9. The van der Waals surface area contributed by atoms with E-state index in [0.29, 0.717) is 42.9 Å². The van der Waals surface area contributed by atoms with E-state index < -0.39 is 18.5 Å². The highest BCUT2D eigenvalue weighted by atomic mass is 35.5. The molecule has 0 saturated carbocycles. The molecule has 0 aliphatic carbocycles. The molecule has 11 heteroatoms. The highest BCUT2D eigenvalue weighted by molar-refractivity contribution is 6.35. The van der Waals surface area contributed by atoms with Gasteiger partial charge in [0.15, 0.2) is 5.82 Å². The lowest BCUT2D eigenvalue weighted by Crippen LogP contribution is -2.35. The molecule has 0 atom stereocenters. The fraction of sp³-hybridized carbons (Fsp3) is 0.400. The predicted molar refractivity (Wildman–Crippen MR) is 109 cm³/mol. The smallest absolute Gasteiger partial charge is 0.397 e. The summed E-state index contributed by atoms with van der Waals surface area (Å²) in [7, 11) is 1.51. The van der Waals surface area contributed by atoms with Crippen molar-refractivity contribution in [3.05, 3.63) is 46.9 Å². The van der Waals surface area contributed by atoms with Crippen LogP contribution < -0.4 is 20.5 Å². The Bertz CT molecular complexity index is 934. The lowest BCUT2D eigenvalue weighted by Gasteiger charge is -2.35. The van der Waals surface area contributed by atoms with Gasteiger partial charge in [0.1, 0.15) is 23.0 Å². The molecule has 1 aliphatic rings. The van der Waals surface area contributed by atoms with Crippen molar-refractivity contribution in [2.24, 2.45) is 0 Å². The number of carbonyl (C=O) groups is 1. The molecular formula is C20H21ClF4N4O2. The molecule has 1 saturated heterocycles. The summed E-state index contributed by atoms with van der Waals surface area (Å²) in [6.07, 6.45) is -3.49. The molecular weight excluding hydrogens is 440 g/mol. The molecule has 1 fully saturated rings. The molecule has 2 aromatic rings. The lowest BCUT2D eigenvalue weighted by atomic mass is 9.88. The number of hydrogen-bond acceptors (Lipinski definition) is 5. The molecule has 6 nitrogen and oxygen atoms in total. The van der Waals surface area contributed by atoms with E-state index in [1.54, 1.807) is 18.2 Å². The average Bonchev–Trinajstić information content (AvgIpc) is 2.72. The Labute approximate surface area is 181 Å². The van der Waals surface area contributed by atoms with E-state index in [-0.39, 0.29) is 22.6 Å². The number of nitrogens with zero attached hydrogens (tertiary/aromatic N) is 2. The van der Waals surface area contributed by atoms with Gasteiger partial charge in [0.05, 0.1) is 12.8 Å². The van der Waals surface area contributed by atoms with Crippen LogP contribution in [-0.2, 0) is 4.79 Å². The number of benzene rings is 1. The summed E-state index contributed by atoms with van der Waals surface area (Å²) in [6, 6.07) is 6.42. The van der Waals surface area contributed by atoms with Crippen molar-refractivity contribution in [2.75, 3.05) is 30.5 Å². The molecule has 3 rings (SSSR count). The number of anilines is 2. The molecule has 1 amide bonds. The zero-order valence-electron chi connectivity index (χ0n) is 16.6. The summed E-state index contributed by atoms with van der Waals surface area (Å²) < 4.78 is 56.5. The van der Waals surface area contributed by atoms with Gasteiger partial charge < -0.3 is 9.64 Å². The van der Waals surface area contributed by atoms with Gasteiger partial charge in [0.25, 0.3) is 0 Å². The minimum absolute atomic E-state index is 0.0211. The molecule has 0 unspecified atom stereocenters. The minimum atomic E-state index is -4.61. The Morgan fingerprint density at radius 3 is 2.65 bits per heavy atom. The maximum atomic E-state index is 14.4. The second-order valence-electron chi connectivity index (χ2n) is 7.07. The molecule has 1 aromatic carbocycles. The van der Waals surface area contributed by atoms with Crippen LogP contribution in [0, 0.1) is 5.82 Å². The predicted octanol–water partition coefficient (Wildman–Crippen LogP) is 4.66. The van der Waals surface area contributed by atoms with Crippen LogP contribution in [0.15, 0.2) is 30.5 Å². The van der Waals surface area contributed by atoms with Crippen molar-refractivity contribution in [2.45, 2.75) is 31.4 Å². The topological polar surface area (TPSA) is 66.5 Å². The number of amides is 1. The van der Waals surface area contributed by atoms with Gasteiger partial charge in [-0.25, -0.2) is 9.37 Å². The first-order valence-corrected chi connectivity index (χ1v) is 9.91. The van der Waals surface area contributed by atoms with Gasteiger partial charge >= 0.3 is 6.18 Å². The number of pyridine rings is 1. The maximum absolute atomic E-state index is 14.4. The van der Waals surface area contributed by atoms with Crippen LogP contribution in [0.3, 0.4) is 0 Å². The summed E-state index contributed by atoms with van der Waals surface area (Å²) in [6.45, 7) is 1.15. The lowest BCUT2D eigenvalue weighted by molar-refractivity contribution is -0.153. The Morgan fingerprint density at radius 1 is 1.29 bits per heavy atom. The van der Waals surface area contributed by atoms with Gasteiger partial charge in [-0.1, -0.05) is 17.7 Å². The van der Waals surface area contributed by atoms with Crippen LogP contribution in [0.25, 0.3) is 0 Å². The van der Waals surface area contributed by atoms with Crippen molar-refractivity contribution in [1.82, 2.24) is 10.4 Å². The van der Waals surface area contributed by atoms with Gasteiger partial charge in [-0.3, -0.25) is 15.6 Å². The summed E-state index contributed by atoms with van der Waals surface area (Å²) in [5, 5.41) is 0.164. The second-order valence-corrected chi connectivity index (χ2v) is 7.45. The Morgan fingerprint density at radius 2 is 2.00 bits per heavy atom. The number of aromatic nitrogens is 1. The van der Waals surface area contributed by atoms with Gasteiger partial charge in [0.2, 0.25) is 5.91 Å². The molecule has 0 bridgehead atoms. The van der Waals surface area contributed by atoms with E-state index in [4.69, 9.17) is 16.3 Å². The molecule has 1 aliphatic heterocycles. The third kappa shape index (κ3) is 5.69. The van der Waals surface area contributed by atoms with Crippen LogP contribution in [0.4, 0.5) is 29.1 Å². The summed E-state index contributed by atoms with van der Waals surface area (Å²) in [5.74, 6) is -1.03. The molecule has 168 valence electrons. The molecule has 2 N–H and O–H groups in total. The van der Waals surface area contributed by atoms with Crippen LogP contribution in [-0.4, -0.2) is 37.3 Å². The fourth-order valence-corrected chi connectivity index (χ4v) is 3.90. The number of halogens is 5.